The Kier molecular flexibility index (Phi) is 7.13. The number of ether oxygens (including phenoxy) is 2. The summed E-state index contributed by atoms with van der Waals surface area (Å²) >= 11 is 1.33. The maximum Gasteiger partial charge on any atom is 0.277 e. The van der Waals surface area contributed by atoms with Crippen LogP contribution in [0.3, 0.4) is 0 Å². The van der Waals surface area contributed by atoms with Gasteiger partial charge in [0.2, 0.25) is 17.6 Å². The average Bonchev–Trinajstić information content (AvgIpc) is 3.53. The lowest BCUT2D eigenvalue weighted by atomic mass is 10.2. The molecule has 0 spiro atoms. The number of aromatic nitrogens is 4. The van der Waals surface area contributed by atoms with Gasteiger partial charge in [-0.15, -0.1) is 10.2 Å². The number of nitrogens with zero attached hydrogens (tertiary/aromatic N) is 5. The largest absolute Gasteiger partial charge is 0.497 e. The van der Waals surface area contributed by atoms with Gasteiger partial charge in [-0.1, -0.05) is 16.9 Å². The molecule has 2 aromatic carbocycles. The highest BCUT2D eigenvalue weighted by Crippen LogP contribution is 2.32. The van der Waals surface area contributed by atoms with E-state index in [1.807, 2.05) is 24.3 Å². The fourth-order valence-corrected chi connectivity index (χ4v) is 3.92. The van der Waals surface area contributed by atoms with Crippen molar-refractivity contribution in [1.82, 2.24) is 20.3 Å². The van der Waals surface area contributed by atoms with E-state index in [1.54, 1.807) is 20.3 Å². The summed E-state index contributed by atoms with van der Waals surface area (Å²) in [6.07, 6.45) is 0. The molecule has 33 heavy (non-hydrogen) atoms. The number of thioether (sulfide) groups is 1. The van der Waals surface area contributed by atoms with E-state index in [-0.39, 0.29) is 0 Å². The summed E-state index contributed by atoms with van der Waals surface area (Å²) in [5.41, 5.74) is 2.75. The molecule has 0 aliphatic rings. The van der Waals surface area contributed by atoms with Gasteiger partial charge in [-0.05, 0) is 50.2 Å². The topological polar surface area (TPSA) is 99.5 Å². The lowest BCUT2D eigenvalue weighted by Gasteiger charge is -2.20. The molecule has 172 valence electrons. The van der Waals surface area contributed by atoms with Gasteiger partial charge in [0.1, 0.15) is 11.5 Å². The van der Waals surface area contributed by atoms with Crippen molar-refractivity contribution in [2.75, 3.05) is 32.2 Å². The van der Waals surface area contributed by atoms with Gasteiger partial charge in [0.05, 0.1) is 25.5 Å². The summed E-state index contributed by atoms with van der Waals surface area (Å²) in [6.45, 7) is 6.19. The molecule has 0 radical (unpaired) electrons. The molecule has 4 rings (SSSR count). The van der Waals surface area contributed by atoms with Crippen molar-refractivity contribution < 1.29 is 18.4 Å². The summed E-state index contributed by atoms with van der Waals surface area (Å²) in [7, 11) is 3.18. The summed E-state index contributed by atoms with van der Waals surface area (Å²) < 4.78 is 21.8. The summed E-state index contributed by atoms with van der Waals surface area (Å²) in [4.78, 5) is 6.73. The third-order valence-corrected chi connectivity index (χ3v) is 5.89. The van der Waals surface area contributed by atoms with Crippen LogP contribution in [0.2, 0.25) is 0 Å². The van der Waals surface area contributed by atoms with Crippen molar-refractivity contribution in [3.63, 3.8) is 0 Å². The zero-order valence-corrected chi connectivity index (χ0v) is 19.8. The predicted octanol–water partition coefficient (Wildman–Crippen LogP) is 4.94. The van der Waals surface area contributed by atoms with Crippen molar-refractivity contribution in [2.45, 2.75) is 24.8 Å². The number of anilines is 1. The maximum absolute atomic E-state index is 5.80. The van der Waals surface area contributed by atoms with Crippen LogP contribution >= 0.6 is 11.8 Å². The fraction of sp³-hybridized carbons (Fsp3) is 0.304. The van der Waals surface area contributed by atoms with Gasteiger partial charge in [0.15, 0.2) is 0 Å². The number of hydrogen-bond donors (Lipinski definition) is 0. The smallest absolute Gasteiger partial charge is 0.277 e. The van der Waals surface area contributed by atoms with Crippen molar-refractivity contribution in [1.29, 1.82) is 0 Å². The first kappa shape index (κ1) is 22.7. The standard InChI is InChI=1S/C23H25N5O4S/c1-5-28(6-2)16-9-7-15(8-10-16)22-25-26-23(31-22)33-14-20-24-21(27-32-20)18-12-11-17(29-3)13-19(18)30-4/h7-13H,5-6,14H2,1-4H3. The molecule has 0 atom stereocenters. The minimum Gasteiger partial charge on any atom is -0.497 e. The second kappa shape index (κ2) is 10.4. The molecule has 0 fully saturated rings. The molecule has 2 heterocycles. The van der Waals surface area contributed by atoms with Gasteiger partial charge in [-0.25, -0.2) is 0 Å². The third kappa shape index (κ3) is 5.11. The summed E-state index contributed by atoms with van der Waals surface area (Å²) in [5, 5.41) is 12.8. The molecule has 0 N–H and O–H groups in total. The van der Waals surface area contributed by atoms with Crippen LogP contribution in [0.5, 0.6) is 11.5 Å². The average molecular weight is 468 g/mol. The zero-order valence-electron chi connectivity index (χ0n) is 18.9. The monoisotopic (exact) mass is 467 g/mol. The molecule has 0 amide bonds. The molecule has 0 unspecified atom stereocenters. The molecular formula is C23H25N5O4S. The van der Waals surface area contributed by atoms with Crippen molar-refractivity contribution in [2.24, 2.45) is 0 Å². The van der Waals surface area contributed by atoms with E-state index in [9.17, 15) is 0 Å². The lowest BCUT2D eigenvalue weighted by molar-refractivity contribution is 0.387. The zero-order chi connectivity index (χ0) is 23.2. The Bertz CT molecular complexity index is 1190. The fourth-order valence-electron chi connectivity index (χ4n) is 3.32. The molecule has 4 aromatic rings. The van der Waals surface area contributed by atoms with Gasteiger partial charge < -0.3 is 23.3 Å². The Morgan fingerprint density at radius 1 is 0.970 bits per heavy atom. The number of benzene rings is 2. The van der Waals surface area contributed by atoms with Crippen molar-refractivity contribution >= 4 is 17.4 Å². The van der Waals surface area contributed by atoms with Gasteiger partial charge >= 0.3 is 0 Å². The predicted molar refractivity (Wildman–Crippen MR) is 126 cm³/mol. The number of hydrogen-bond acceptors (Lipinski definition) is 10. The van der Waals surface area contributed by atoms with Crippen molar-refractivity contribution in [3.05, 3.63) is 48.4 Å². The first-order valence-electron chi connectivity index (χ1n) is 10.5. The summed E-state index contributed by atoms with van der Waals surface area (Å²) in [6, 6.07) is 13.5. The van der Waals surface area contributed by atoms with E-state index < -0.39 is 0 Å². The van der Waals surface area contributed by atoms with E-state index in [1.165, 1.54) is 17.4 Å². The number of methoxy groups -OCH3 is 2. The molecule has 0 bridgehead atoms. The van der Waals surface area contributed by atoms with E-state index >= 15 is 0 Å². The molecule has 10 heteroatoms. The van der Waals surface area contributed by atoms with Crippen LogP contribution in [0.4, 0.5) is 5.69 Å². The minimum atomic E-state index is 0.397. The Balaban J connectivity index is 1.41. The first-order chi connectivity index (χ1) is 16.1. The van der Waals surface area contributed by atoms with Crippen LogP contribution in [0.1, 0.15) is 19.7 Å². The molecule has 2 aromatic heterocycles. The van der Waals surface area contributed by atoms with Crippen LogP contribution in [-0.2, 0) is 5.75 Å². The molecule has 0 saturated carbocycles. The Morgan fingerprint density at radius 2 is 1.76 bits per heavy atom. The number of rotatable bonds is 10. The highest BCUT2D eigenvalue weighted by Gasteiger charge is 2.16. The van der Waals surface area contributed by atoms with E-state index in [0.29, 0.717) is 45.6 Å². The second-order valence-electron chi connectivity index (χ2n) is 6.96. The van der Waals surface area contributed by atoms with Gasteiger partial charge in [0.25, 0.3) is 5.22 Å². The molecule has 0 saturated heterocycles. The normalized spacial score (nSPS) is 10.9. The van der Waals surface area contributed by atoms with Gasteiger partial charge in [0, 0.05) is 30.4 Å². The maximum atomic E-state index is 5.80. The van der Waals surface area contributed by atoms with E-state index in [2.05, 4.69) is 51.2 Å². The summed E-state index contributed by atoms with van der Waals surface area (Å²) in [5.74, 6) is 3.03. The quantitative estimate of drug-likeness (QED) is 0.298. The van der Waals surface area contributed by atoms with E-state index in [0.717, 1.165) is 18.7 Å². The van der Waals surface area contributed by atoms with Gasteiger partial charge in [-0.3, -0.25) is 0 Å². The van der Waals surface area contributed by atoms with Gasteiger partial charge in [-0.2, -0.15) is 4.98 Å². The van der Waals surface area contributed by atoms with Crippen LogP contribution < -0.4 is 14.4 Å². The molecule has 0 aliphatic carbocycles. The van der Waals surface area contributed by atoms with Crippen molar-refractivity contribution in [3.8, 4) is 34.3 Å². The molecule has 9 nitrogen and oxygen atoms in total. The lowest BCUT2D eigenvalue weighted by Crippen LogP contribution is -2.21. The Morgan fingerprint density at radius 3 is 2.45 bits per heavy atom. The van der Waals surface area contributed by atoms with E-state index in [4.69, 9.17) is 18.4 Å². The highest BCUT2D eigenvalue weighted by molar-refractivity contribution is 7.98. The first-order valence-corrected chi connectivity index (χ1v) is 11.5. The van der Waals surface area contributed by atoms with Crippen LogP contribution in [0.15, 0.2) is 56.6 Å². The molecule has 0 aliphatic heterocycles. The minimum absolute atomic E-state index is 0.397. The second-order valence-corrected chi connectivity index (χ2v) is 7.89. The van der Waals surface area contributed by atoms with Crippen LogP contribution in [-0.4, -0.2) is 47.6 Å². The van der Waals surface area contributed by atoms with Crippen LogP contribution in [0, 0.1) is 0 Å². The SMILES string of the molecule is CCN(CC)c1ccc(-c2nnc(SCc3nc(-c4ccc(OC)cc4OC)no3)o2)cc1. The third-order valence-electron chi connectivity index (χ3n) is 5.09. The Labute approximate surface area is 196 Å². The Hall–Kier alpha value is -3.53. The van der Waals surface area contributed by atoms with Crippen LogP contribution in [0.25, 0.3) is 22.8 Å². The highest BCUT2D eigenvalue weighted by atomic mass is 32.2. The molecular weight excluding hydrogens is 442 g/mol.